The molecule has 5 saturated carbocycles. The van der Waals surface area contributed by atoms with E-state index in [4.69, 9.17) is 0 Å². The van der Waals surface area contributed by atoms with Gasteiger partial charge in [0.05, 0.1) is 5.92 Å². The van der Waals surface area contributed by atoms with Gasteiger partial charge in [-0.3, -0.25) is 0 Å². The fraction of sp³-hybridized carbons (Fsp3) is 0.923. The van der Waals surface area contributed by atoms with Crippen molar-refractivity contribution in [2.24, 2.45) is 29.6 Å². The molecule has 5 aliphatic carbocycles. The predicted molar refractivity (Wildman–Crippen MR) is 53.0 cm³/mol. The maximum Gasteiger partial charge on any atom is 0.101 e. The Hall–Kier alpha value is -0.130. The fourth-order valence-corrected chi connectivity index (χ4v) is 4.81. The summed E-state index contributed by atoms with van der Waals surface area (Å²) in [4.78, 5) is 0. The first-order valence-electron chi connectivity index (χ1n) is 6.27. The highest BCUT2D eigenvalue weighted by Gasteiger charge is 2.60. The van der Waals surface area contributed by atoms with E-state index in [1.807, 2.05) is 0 Å². The van der Waals surface area contributed by atoms with E-state index in [0.717, 1.165) is 29.6 Å². The highest BCUT2D eigenvalue weighted by atomic mass is 14.6. The van der Waals surface area contributed by atoms with E-state index in [0.29, 0.717) is 0 Å². The Morgan fingerprint density at radius 1 is 0.615 bits per heavy atom. The van der Waals surface area contributed by atoms with Crippen molar-refractivity contribution in [3.63, 3.8) is 0 Å². The van der Waals surface area contributed by atoms with Crippen molar-refractivity contribution >= 4 is 0 Å². The van der Waals surface area contributed by atoms with Gasteiger partial charge in [-0.2, -0.15) is 0 Å². The van der Waals surface area contributed by atoms with Crippen molar-refractivity contribution in [2.45, 2.75) is 44.9 Å². The summed E-state index contributed by atoms with van der Waals surface area (Å²) in [5.74, 6) is 7.74. The fourth-order valence-electron chi connectivity index (χ4n) is 4.81. The third-order valence-electron chi connectivity index (χ3n) is 5.13. The normalized spacial score (nSPS) is 53.1. The Balaban J connectivity index is 1.66. The van der Waals surface area contributed by atoms with Gasteiger partial charge in [0.15, 0.2) is 0 Å². The average molecular weight is 175 g/mol. The topological polar surface area (TPSA) is 0 Å². The molecule has 0 spiro atoms. The highest BCUT2D eigenvalue weighted by Crippen LogP contribution is 2.62. The SMILES string of the molecule is C1C2CC3CC1CC(C2)[C+]3C1CC1. The van der Waals surface area contributed by atoms with Crippen LogP contribution in [0.2, 0.25) is 0 Å². The molecule has 0 aromatic heterocycles. The molecule has 0 nitrogen and oxygen atoms in total. The second-order valence-corrected chi connectivity index (χ2v) is 6.08. The zero-order valence-corrected chi connectivity index (χ0v) is 8.34. The Morgan fingerprint density at radius 3 is 1.62 bits per heavy atom. The van der Waals surface area contributed by atoms with E-state index in [2.05, 4.69) is 5.92 Å². The highest BCUT2D eigenvalue weighted by molar-refractivity contribution is 5.19. The van der Waals surface area contributed by atoms with Gasteiger partial charge in [-0.15, -0.1) is 0 Å². The van der Waals surface area contributed by atoms with Gasteiger partial charge in [-0.05, 0) is 56.8 Å². The minimum atomic E-state index is 1.11. The minimum Gasteiger partial charge on any atom is -0.0469 e. The van der Waals surface area contributed by atoms with Crippen molar-refractivity contribution < 1.29 is 0 Å². The molecule has 70 valence electrons. The van der Waals surface area contributed by atoms with Crippen molar-refractivity contribution in [1.29, 1.82) is 0 Å². The molecule has 0 radical (unpaired) electrons. The monoisotopic (exact) mass is 175 g/mol. The van der Waals surface area contributed by atoms with Crippen LogP contribution in [0, 0.1) is 35.5 Å². The molecular formula is C13H19+. The molecule has 0 unspecified atom stereocenters. The molecule has 5 fully saturated rings. The summed E-state index contributed by atoms with van der Waals surface area (Å²) in [6.07, 6.45) is 11.1. The molecule has 0 N–H and O–H groups in total. The van der Waals surface area contributed by atoms with Gasteiger partial charge in [0.2, 0.25) is 0 Å². The largest absolute Gasteiger partial charge is 0.101 e. The molecule has 0 aromatic carbocycles. The van der Waals surface area contributed by atoms with Crippen molar-refractivity contribution in [1.82, 2.24) is 0 Å². The maximum absolute atomic E-state index is 2.08. The van der Waals surface area contributed by atoms with E-state index < -0.39 is 0 Å². The van der Waals surface area contributed by atoms with Crippen LogP contribution in [0.5, 0.6) is 0 Å². The Morgan fingerprint density at radius 2 is 1.15 bits per heavy atom. The molecule has 4 bridgehead atoms. The van der Waals surface area contributed by atoms with Crippen LogP contribution in [0.1, 0.15) is 44.9 Å². The lowest BCUT2D eigenvalue weighted by Crippen LogP contribution is -2.44. The van der Waals surface area contributed by atoms with E-state index in [-0.39, 0.29) is 0 Å². The smallest absolute Gasteiger partial charge is 0.0469 e. The van der Waals surface area contributed by atoms with Gasteiger partial charge in [0.25, 0.3) is 0 Å². The standard InChI is InChI=1S/C13H19/c1-2-10(1)13-11-4-8-3-9(6-11)7-12(13)5-8/h8-12H,1-7H2/q+1. The summed E-state index contributed by atoms with van der Waals surface area (Å²) in [6, 6.07) is 0. The van der Waals surface area contributed by atoms with Gasteiger partial charge in [0, 0.05) is 0 Å². The lowest BCUT2D eigenvalue weighted by Gasteiger charge is -2.48. The zero-order valence-electron chi connectivity index (χ0n) is 8.34. The lowest BCUT2D eigenvalue weighted by molar-refractivity contribution is 0.0343. The van der Waals surface area contributed by atoms with Crippen LogP contribution in [0.4, 0.5) is 0 Å². The molecule has 13 heavy (non-hydrogen) atoms. The number of hydrogen-bond donors (Lipinski definition) is 0. The van der Waals surface area contributed by atoms with E-state index >= 15 is 0 Å². The van der Waals surface area contributed by atoms with E-state index in [9.17, 15) is 0 Å². The van der Waals surface area contributed by atoms with Gasteiger partial charge in [-0.25, -0.2) is 0 Å². The summed E-state index contributed by atoms with van der Waals surface area (Å²) >= 11 is 0. The van der Waals surface area contributed by atoms with Crippen molar-refractivity contribution in [3.8, 4) is 0 Å². The van der Waals surface area contributed by atoms with Crippen LogP contribution in [-0.2, 0) is 0 Å². The second kappa shape index (κ2) is 2.27. The molecule has 0 amide bonds. The van der Waals surface area contributed by atoms with Crippen LogP contribution in [0.25, 0.3) is 0 Å². The third-order valence-corrected chi connectivity index (χ3v) is 5.13. The summed E-state index contributed by atoms with van der Waals surface area (Å²) < 4.78 is 0. The molecule has 0 heteroatoms. The average Bonchev–Trinajstić information content (AvgIpc) is 2.85. The first-order valence-corrected chi connectivity index (χ1v) is 6.27. The van der Waals surface area contributed by atoms with Crippen LogP contribution >= 0.6 is 0 Å². The van der Waals surface area contributed by atoms with E-state index in [1.165, 1.54) is 0 Å². The van der Waals surface area contributed by atoms with E-state index in [1.54, 1.807) is 44.9 Å². The predicted octanol–water partition coefficient (Wildman–Crippen LogP) is 3.43. The summed E-state index contributed by atoms with van der Waals surface area (Å²) in [6.45, 7) is 0. The molecule has 0 saturated heterocycles. The van der Waals surface area contributed by atoms with Crippen molar-refractivity contribution in [3.05, 3.63) is 5.92 Å². The molecular weight excluding hydrogens is 156 g/mol. The van der Waals surface area contributed by atoms with Gasteiger partial charge < -0.3 is 0 Å². The maximum atomic E-state index is 2.08. The zero-order chi connectivity index (χ0) is 8.41. The van der Waals surface area contributed by atoms with Gasteiger partial charge in [-0.1, -0.05) is 0 Å². The molecule has 0 heterocycles. The summed E-state index contributed by atoms with van der Waals surface area (Å²) in [5.41, 5.74) is 0. The molecule has 0 aromatic rings. The molecule has 5 aliphatic rings. The molecule has 0 aliphatic heterocycles. The Bertz CT molecular complexity index is 198. The quantitative estimate of drug-likeness (QED) is 0.536. The first-order chi connectivity index (χ1) is 6.40. The third kappa shape index (κ3) is 0.951. The second-order valence-electron chi connectivity index (χ2n) is 6.08. The first kappa shape index (κ1) is 7.20. The van der Waals surface area contributed by atoms with Crippen LogP contribution in [-0.4, -0.2) is 0 Å². The van der Waals surface area contributed by atoms with Gasteiger partial charge >= 0.3 is 0 Å². The number of rotatable bonds is 1. The Labute approximate surface area is 81.1 Å². The van der Waals surface area contributed by atoms with Gasteiger partial charge in [0.1, 0.15) is 17.8 Å². The molecule has 5 rings (SSSR count). The Kier molecular flexibility index (Phi) is 1.26. The van der Waals surface area contributed by atoms with Crippen LogP contribution in [0.15, 0.2) is 0 Å². The van der Waals surface area contributed by atoms with Crippen molar-refractivity contribution in [2.75, 3.05) is 0 Å². The lowest BCUT2D eigenvalue weighted by atomic mass is 9.51. The summed E-state index contributed by atoms with van der Waals surface area (Å²) in [5, 5.41) is 0. The van der Waals surface area contributed by atoms with Crippen LogP contribution < -0.4 is 0 Å². The number of hydrogen-bond acceptors (Lipinski definition) is 0. The minimum absolute atomic E-state index is 1.11. The summed E-state index contributed by atoms with van der Waals surface area (Å²) in [7, 11) is 0. The van der Waals surface area contributed by atoms with Crippen LogP contribution in [0.3, 0.4) is 0 Å². The molecule has 0 atom stereocenters.